The average Bonchev–Trinajstić information content (AvgIpc) is 2.81. The van der Waals surface area contributed by atoms with Crippen molar-refractivity contribution in [1.82, 2.24) is 10.2 Å². The van der Waals surface area contributed by atoms with Crippen LogP contribution < -0.4 is 14.4 Å². The zero-order chi connectivity index (χ0) is 25.3. The average molecular weight is 490 g/mol. The molecule has 2 rings (SSSR count). The Labute approximate surface area is 202 Å². The first-order chi connectivity index (χ1) is 16.1. The van der Waals surface area contributed by atoms with Gasteiger partial charge in [0, 0.05) is 13.1 Å². The van der Waals surface area contributed by atoms with Gasteiger partial charge in [0.15, 0.2) is 0 Å². The Hall–Kier alpha value is -3.07. The van der Waals surface area contributed by atoms with E-state index in [2.05, 4.69) is 5.32 Å². The number of carbonyl (C=O) groups is 2. The van der Waals surface area contributed by atoms with Crippen LogP contribution in [0, 0.1) is 6.92 Å². The number of nitrogens with one attached hydrogen (secondary N) is 1. The summed E-state index contributed by atoms with van der Waals surface area (Å²) < 4.78 is 31.8. The van der Waals surface area contributed by atoms with Gasteiger partial charge in [0.25, 0.3) is 0 Å². The molecule has 0 heterocycles. The minimum absolute atomic E-state index is 0.188. The molecule has 8 nitrogen and oxygen atoms in total. The van der Waals surface area contributed by atoms with Crippen molar-refractivity contribution in [2.24, 2.45) is 0 Å². The van der Waals surface area contributed by atoms with Crippen LogP contribution in [0.1, 0.15) is 37.8 Å². The molecule has 0 aromatic heterocycles. The molecular formula is C25H35N3O5S. The molecule has 186 valence electrons. The molecule has 0 saturated carbocycles. The molecule has 0 fully saturated rings. The monoisotopic (exact) mass is 489 g/mol. The molecule has 2 amide bonds. The Balaban J connectivity index is 2.47. The van der Waals surface area contributed by atoms with Crippen LogP contribution in [0.5, 0.6) is 5.75 Å². The minimum Gasteiger partial charge on any atom is -0.495 e. The first-order valence-electron chi connectivity index (χ1n) is 11.4. The van der Waals surface area contributed by atoms with Crippen LogP contribution in [0.2, 0.25) is 0 Å². The van der Waals surface area contributed by atoms with Crippen molar-refractivity contribution in [3.63, 3.8) is 0 Å². The zero-order valence-corrected chi connectivity index (χ0v) is 21.4. The van der Waals surface area contributed by atoms with Gasteiger partial charge in [0.2, 0.25) is 21.8 Å². The van der Waals surface area contributed by atoms with E-state index in [0.717, 1.165) is 28.1 Å². The fraction of sp³-hybridized carbons (Fsp3) is 0.440. The molecule has 0 unspecified atom stereocenters. The molecule has 1 N–H and O–H groups in total. The number of anilines is 1. The molecule has 2 aromatic carbocycles. The van der Waals surface area contributed by atoms with Gasteiger partial charge in [-0.3, -0.25) is 13.9 Å². The Bertz CT molecular complexity index is 1090. The molecule has 9 heteroatoms. The van der Waals surface area contributed by atoms with Gasteiger partial charge < -0.3 is 15.0 Å². The molecule has 34 heavy (non-hydrogen) atoms. The number of rotatable bonds is 12. The predicted octanol–water partition coefficient (Wildman–Crippen LogP) is 3.10. The maximum atomic E-state index is 13.7. The lowest BCUT2D eigenvalue weighted by atomic mass is 10.1. The number of sulfonamides is 1. The Morgan fingerprint density at radius 2 is 1.71 bits per heavy atom. The van der Waals surface area contributed by atoms with Crippen molar-refractivity contribution in [1.29, 1.82) is 0 Å². The first kappa shape index (κ1) is 27.2. The number of methoxy groups -OCH3 is 1. The highest BCUT2D eigenvalue weighted by molar-refractivity contribution is 7.92. The topological polar surface area (TPSA) is 96.0 Å². The third-order valence-corrected chi connectivity index (χ3v) is 6.70. The molecule has 0 saturated heterocycles. The summed E-state index contributed by atoms with van der Waals surface area (Å²) in [6.45, 7) is 5.96. The number of benzene rings is 2. The second-order valence-corrected chi connectivity index (χ2v) is 10.0. The Morgan fingerprint density at radius 3 is 2.29 bits per heavy atom. The van der Waals surface area contributed by atoms with E-state index in [-0.39, 0.29) is 18.1 Å². The van der Waals surface area contributed by atoms with Crippen molar-refractivity contribution in [2.75, 3.05) is 30.8 Å². The standard InChI is InChI=1S/C25H35N3O5S/c1-6-16-26-25(30)21(7-2)27(17-20-13-9-8-12-19(20)3)24(29)18-28(34(5,31)32)22-14-10-11-15-23(22)33-4/h8-15,21H,6-7,16-18H2,1-5H3,(H,26,30)/t21-/m1/s1. The minimum atomic E-state index is -3.82. The fourth-order valence-corrected chi connectivity index (χ4v) is 4.54. The number of carbonyl (C=O) groups excluding carboxylic acids is 2. The molecule has 0 spiro atoms. The highest BCUT2D eigenvalue weighted by Crippen LogP contribution is 2.29. The van der Waals surface area contributed by atoms with Crippen molar-refractivity contribution in [2.45, 2.75) is 46.2 Å². The van der Waals surface area contributed by atoms with Crippen LogP contribution in [-0.4, -0.2) is 57.6 Å². The molecule has 0 aliphatic carbocycles. The largest absolute Gasteiger partial charge is 0.495 e. The van der Waals surface area contributed by atoms with E-state index in [1.54, 1.807) is 24.3 Å². The number of amides is 2. The number of hydrogen-bond donors (Lipinski definition) is 1. The van der Waals surface area contributed by atoms with Crippen LogP contribution in [-0.2, 0) is 26.2 Å². The molecule has 2 aromatic rings. The summed E-state index contributed by atoms with van der Waals surface area (Å²) in [4.78, 5) is 28.1. The van der Waals surface area contributed by atoms with Gasteiger partial charge in [0.05, 0.1) is 19.1 Å². The molecule has 0 radical (unpaired) electrons. The van der Waals surface area contributed by atoms with Gasteiger partial charge in [-0.25, -0.2) is 8.42 Å². The maximum Gasteiger partial charge on any atom is 0.244 e. The molecule has 0 aliphatic rings. The second kappa shape index (κ2) is 12.4. The number of aryl methyl sites for hydroxylation is 1. The van der Waals surface area contributed by atoms with Gasteiger partial charge in [-0.15, -0.1) is 0 Å². The lowest BCUT2D eigenvalue weighted by molar-refractivity contribution is -0.140. The second-order valence-electron chi connectivity index (χ2n) is 8.10. The van der Waals surface area contributed by atoms with E-state index >= 15 is 0 Å². The van der Waals surface area contributed by atoms with Crippen LogP contribution in [0.15, 0.2) is 48.5 Å². The van der Waals surface area contributed by atoms with E-state index in [1.807, 2.05) is 45.0 Å². The van der Waals surface area contributed by atoms with Gasteiger partial charge in [0.1, 0.15) is 18.3 Å². The highest BCUT2D eigenvalue weighted by atomic mass is 32.2. The fourth-order valence-electron chi connectivity index (χ4n) is 3.69. The molecule has 0 aliphatic heterocycles. The smallest absolute Gasteiger partial charge is 0.244 e. The third-order valence-electron chi connectivity index (χ3n) is 5.57. The van der Waals surface area contributed by atoms with E-state index in [0.29, 0.717) is 18.7 Å². The Morgan fingerprint density at radius 1 is 1.06 bits per heavy atom. The van der Waals surface area contributed by atoms with E-state index < -0.39 is 28.5 Å². The summed E-state index contributed by atoms with van der Waals surface area (Å²) >= 11 is 0. The van der Waals surface area contributed by atoms with Gasteiger partial charge >= 0.3 is 0 Å². The SMILES string of the molecule is CCCNC(=O)[C@@H](CC)N(Cc1ccccc1C)C(=O)CN(c1ccccc1OC)S(C)(=O)=O. The number of para-hydroxylation sites is 2. The number of ether oxygens (including phenoxy) is 1. The molecular weight excluding hydrogens is 454 g/mol. The zero-order valence-electron chi connectivity index (χ0n) is 20.6. The summed E-state index contributed by atoms with van der Waals surface area (Å²) in [6, 6.07) is 13.5. The van der Waals surface area contributed by atoms with Crippen molar-refractivity contribution in [3.8, 4) is 5.75 Å². The van der Waals surface area contributed by atoms with E-state index in [9.17, 15) is 18.0 Å². The van der Waals surface area contributed by atoms with Crippen LogP contribution in [0.4, 0.5) is 5.69 Å². The van der Waals surface area contributed by atoms with Crippen LogP contribution in [0.3, 0.4) is 0 Å². The number of hydrogen-bond acceptors (Lipinski definition) is 5. The van der Waals surface area contributed by atoms with Crippen molar-refractivity contribution in [3.05, 3.63) is 59.7 Å². The first-order valence-corrected chi connectivity index (χ1v) is 13.2. The quantitative estimate of drug-likeness (QED) is 0.494. The summed E-state index contributed by atoms with van der Waals surface area (Å²) in [5.41, 5.74) is 2.13. The lowest BCUT2D eigenvalue weighted by Gasteiger charge is -2.33. The Kier molecular flexibility index (Phi) is 9.92. The van der Waals surface area contributed by atoms with Crippen molar-refractivity contribution >= 4 is 27.5 Å². The third kappa shape index (κ3) is 6.96. The predicted molar refractivity (Wildman–Crippen MR) is 134 cm³/mol. The van der Waals surface area contributed by atoms with E-state index in [1.165, 1.54) is 12.0 Å². The summed E-state index contributed by atoms with van der Waals surface area (Å²) in [7, 11) is -2.38. The van der Waals surface area contributed by atoms with Crippen LogP contribution >= 0.6 is 0 Å². The van der Waals surface area contributed by atoms with Gasteiger partial charge in [-0.2, -0.15) is 0 Å². The van der Waals surface area contributed by atoms with Gasteiger partial charge in [-0.05, 0) is 43.0 Å². The van der Waals surface area contributed by atoms with Gasteiger partial charge in [-0.1, -0.05) is 50.2 Å². The summed E-state index contributed by atoms with van der Waals surface area (Å²) in [5.74, 6) is -0.397. The van der Waals surface area contributed by atoms with Crippen LogP contribution in [0.25, 0.3) is 0 Å². The molecule has 1 atom stereocenters. The van der Waals surface area contributed by atoms with Crippen molar-refractivity contribution < 1.29 is 22.7 Å². The molecule has 0 bridgehead atoms. The summed E-state index contributed by atoms with van der Waals surface area (Å²) in [6.07, 6.45) is 2.20. The van der Waals surface area contributed by atoms with E-state index in [4.69, 9.17) is 4.74 Å². The summed E-state index contributed by atoms with van der Waals surface area (Å²) in [5, 5.41) is 2.87. The highest BCUT2D eigenvalue weighted by Gasteiger charge is 2.32. The number of nitrogens with zero attached hydrogens (tertiary/aromatic N) is 2. The maximum absolute atomic E-state index is 13.7. The lowest BCUT2D eigenvalue weighted by Crippen LogP contribution is -2.52. The normalized spacial score (nSPS) is 12.0.